The third-order valence-electron chi connectivity index (χ3n) is 2.81. The number of anilines is 1. The molecule has 0 aliphatic heterocycles. The molecule has 2 rings (SSSR count). The Hall–Kier alpha value is -2.30. The Kier molecular flexibility index (Phi) is 5.55. The van der Waals surface area contributed by atoms with Crippen molar-refractivity contribution < 1.29 is 33.0 Å². The van der Waals surface area contributed by atoms with Gasteiger partial charge in [0.2, 0.25) is 10.0 Å². The van der Waals surface area contributed by atoms with Gasteiger partial charge in [-0.2, -0.15) is 0 Å². The number of benzene rings is 1. The van der Waals surface area contributed by atoms with Crippen LogP contribution in [-0.4, -0.2) is 43.4 Å². The molecule has 134 valence electrons. The molecule has 1 aromatic carbocycles. The van der Waals surface area contributed by atoms with Crippen molar-refractivity contribution in [2.24, 2.45) is 0 Å². The normalized spacial score (nSPS) is 11.1. The summed E-state index contributed by atoms with van der Waals surface area (Å²) >= 11 is 6.94. The molecule has 25 heavy (non-hydrogen) atoms. The highest BCUT2D eigenvalue weighted by molar-refractivity contribution is 7.92. The van der Waals surface area contributed by atoms with Gasteiger partial charge < -0.3 is 14.9 Å². The lowest BCUT2D eigenvalue weighted by Gasteiger charge is -2.09. The van der Waals surface area contributed by atoms with Gasteiger partial charge in [0.15, 0.2) is 17.2 Å². The molecule has 0 spiro atoms. The lowest BCUT2D eigenvalue weighted by Crippen LogP contribution is -2.11. The van der Waals surface area contributed by atoms with E-state index in [0.29, 0.717) is 5.56 Å². The maximum atomic E-state index is 11.5. The number of carboxylic acid groups (broad SMARTS) is 2. The van der Waals surface area contributed by atoms with Crippen molar-refractivity contribution in [2.75, 3.05) is 17.6 Å². The summed E-state index contributed by atoms with van der Waals surface area (Å²) in [5, 5.41) is 17.9. The Labute approximate surface area is 151 Å². The lowest BCUT2D eigenvalue weighted by molar-refractivity contribution is -0.139. The van der Waals surface area contributed by atoms with Crippen molar-refractivity contribution in [2.45, 2.75) is 0 Å². The predicted octanol–water partition coefficient (Wildman–Crippen LogP) is 2.60. The Bertz CT molecular complexity index is 937. The molecule has 0 fully saturated rings. The van der Waals surface area contributed by atoms with E-state index < -0.39 is 28.6 Å². The summed E-state index contributed by atoms with van der Waals surface area (Å²) < 4.78 is 30.3. The maximum Gasteiger partial charge on any atom is 0.349 e. The average molecular weight is 406 g/mol. The van der Waals surface area contributed by atoms with E-state index in [1.807, 2.05) is 0 Å². The minimum Gasteiger partial charge on any atom is -0.479 e. The molecule has 11 heteroatoms. The van der Waals surface area contributed by atoms with Crippen molar-refractivity contribution in [1.82, 2.24) is 0 Å². The standard InChI is InChI=1S/C14H12ClNO7S2/c1-25(21,22)16-8-5-3-2-4-7(8)12-10(15)11(23-6-9(17)18)13(24-12)14(19)20/h2-5,16H,6H2,1H3,(H,17,18)(H,19,20). The predicted molar refractivity (Wildman–Crippen MR) is 93.3 cm³/mol. The second-order valence-electron chi connectivity index (χ2n) is 4.81. The number of para-hydroxylation sites is 1. The minimum atomic E-state index is -3.58. The van der Waals surface area contributed by atoms with Crippen molar-refractivity contribution in [3.05, 3.63) is 34.2 Å². The van der Waals surface area contributed by atoms with Gasteiger partial charge in [0.1, 0.15) is 5.02 Å². The first kappa shape index (κ1) is 19.0. The maximum absolute atomic E-state index is 11.5. The topological polar surface area (TPSA) is 130 Å². The largest absolute Gasteiger partial charge is 0.479 e. The number of hydrogen-bond acceptors (Lipinski definition) is 6. The highest BCUT2D eigenvalue weighted by Crippen LogP contribution is 2.47. The van der Waals surface area contributed by atoms with Crippen molar-refractivity contribution in [3.8, 4) is 16.2 Å². The number of rotatable bonds is 7. The Balaban J connectivity index is 2.59. The Morgan fingerprint density at radius 2 is 1.92 bits per heavy atom. The molecule has 8 nitrogen and oxygen atoms in total. The van der Waals surface area contributed by atoms with Crippen LogP contribution >= 0.6 is 22.9 Å². The van der Waals surface area contributed by atoms with Gasteiger partial charge in [0.25, 0.3) is 0 Å². The van der Waals surface area contributed by atoms with E-state index in [1.54, 1.807) is 18.2 Å². The molecule has 0 bridgehead atoms. The molecule has 3 N–H and O–H groups in total. The molecule has 0 atom stereocenters. The van der Waals surface area contributed by atoms with Crippen LogP contribution in [0.1, 0.15) is 9.67 Å². The summed E-state index contributed by atoms with van der Waals surface area (Å²) in [5.74, 6) is -2.91. The number of ether oxygens (including phenoxy) is 1. The Morgan fingerprint density at radius 3 is 2.48 bits per heavy atom. The van der Waals surface area contributed by atoms with Gasteiger partial charge >= 0.3 is 11.9 Å². The fourth-order valence-corrected chi connectivity index (χ4v) is 3.96. The van der Waals surface area contributed by atoms with Gasteiger partial charge in [-0.15, -0.1) is 11.3 Å². The molecule has 1 aromatic heterocycles. The van der Waals surface area contributed by atoms with Gasteiger partial charge in [-0.05, 0) is 6.07 Å². The second kappa shape index (κ2) is 7.30. The van der Waals surface area contributed by atoms with Gasteiger partial charge in [0.05, 0.1) is 16.8 Å². The first-order chi connectivity index (χ1) is 11.6. The summed E-state index contributed by atoms with van der Waals surface area (Å²) in [6.45, 7) is -0.764. The third-order valence-corrected chi connectivity index (χ3v) is 5.07. The molecule has 0 amide bonds. The number of nitrogens with one attached hydrogen (secondary N) is 1. The summed E-state index contributed by atoms with van der Waals surface area (Å²) in [6.07, 6.45) is 0.976. The van der Waals surface area contributed by atoms with Crippen LogP contribution in [0.5, 0.6) is 5.75 Å². The molecule has 0 saturated heterocycles. The molecule has 0 radical (unpaired) electrons. The number of sulfonamides is 1. The van der Waals surface area contributed by atoms with Crippen molar-refractivity contribution in [3.63, 3.8) is 0 Å². The van der Waals surface area contributed by atoms with Crippen LogP contribution in [0.3, 0.4) is 0 Å². The lowest BCUT2D eigenvalue weighted by atomic mass is 10.1. The van der Waals surface area contributed by atoms with E-state index >= 15 is 0 Å². The van der Waals surface area contributed by atoms with E-state index in [9.17, 15) is 23.1 Å². The molecular formula is C14H12ClNO7S2. The molecule has 0 unspecified atom stereocenters. The van der Waals surface area contributed by atoms with Gasteiger partial charge in [-0.1, -0.05) is 29.8 Å². The van der Waals surface area contributed by atoms with Crippen molar-refractivity contribution in [1.29, 1.82) is 0 Å². The van der Waals surface area contributed by atoms with Crippen LogP contribution in [0.4, 0.5) is 5.69 Å². The quantitative estimate of drug-likeness (QED) is 0.645. The number of carbonyl (C=O) groups is 2. The number of aliphatic carboxylic acids is 1. The average Bonchev–Trinajstić information content (AvgIpc) is 2.81. The van der Waals surface area contributed by atoms with E-state index in [1.165, 1.54) is 6.07 Å². The zero-order chi connectivity index (χ0) is 18.8. The molecule has 2 aromatic rings. The molecule has 0 aliphatic rings. The number of aromatic carboxylic acids is 1. The zero-order valence-corrected chi connectivity index (χ0v) is 15.0. The highest BCUT2D eigenvalue weighted by atomic mass is 35.5. The smallest absolute Gasteiger partial charge is 0.349 e. The van der Waals surface area contributed by atoms with Crippen LogP contribution in [0, 0.1) is 0 Å². The van der Waals surface area contributed by atoms with E-state index in [4.69, 9.17) is 21.4 Å². The van der Waals surface area contributed by atoms with E-state index in [0.717, 1.165) is 17.6 Å². The fraction of sp³-hybridized carbons (Fsp3) is 0.143. The van der Waals surface area contributed by atoms with Crippen LogP contribution in [0.25, 0.3) is 10.4 Å². The SMILES string of the molecule is CS(=O)(=O)Nc1ccccc1-c1sc(C(=O)O)c(OCC(=O)O)c1Cl. The van der Waals surface area contributed by atoms with Crippen molar-refractivity contribution >= 4 is 50.6 Å². The number of thiophene rings is 1. The summed E-state index contributed by atoms with van der Waals surface area (Å²) in [4.78, 5) is 22.0. The summed E-state index contributed by atoms with van der Waals surface area (Å²) in [5.41, 5.74) is 0.547. The highest BCUT2D eigenvalue weighted by Gasteiger charge is 2.26. The fourth-order valence-electron chi connectivity index (χ4n) is 1.94. The number of hydrogen-bond donors (Lipinski definition) is 3. The van der Waals surface area contributed by atoms with Gasteiger partial charge in [-0.25, -0.2) is 18.0 Å². The van der Waals surface area contributed by atoms with Gasteiger partial charge in [0, 0.05) is 5.56 Å². The third kappa shape index (κ3) is 4.62. The van der Waals surface area contributed by atoms with Crippen LogP contribution in [0.2, 0.25) is 5.02 Å². The van der Waals surface area contributed by atoms with E-state index in [2.05, 4.69) is 4.72 Å². The van der Waals surface area contributed by atoms with Crippen LogP contribution in [0.15, 0.2) is 24.3 Å². The summed E-state index contributed by atoms with van der Waals surface area (Å²) in [6, 6.07) is 6.26. The first-order valence-corrected chi connectivity index (χ1v) is 9.66. The first-order valence-electron chi connectivity index (χ1n) is 6.57. The van der Waals surface area contributed by atoms with Crippen LogP contribution in [-0.2, 0) is 14.8 Å². The minimum absolute atomic E-state index is 0.105. The molecule has 0 aliphatic carbocycles. The molecule has 0 saturated carbocycles. The molecule has 1 heterocycles. The van der Waals surface area contributed by atoms with Crippen LogP contribution < -0.4 is 9.46 Å². The molecular weight excluding hydrogens is 394 g/mol. The summed E-state index contributed by atoms with van der Waals surface area (Å²) in [7, 11) is -3.58. The Morgan fingerprint density at radius 1 is 1.28 bits per heavy atom. The van der Waals surface area contributed by atoms with Gasteiger partial charge in [-0.3, -0.25) is 4.72 Å². The van der Waals surface area contributed by atoms with E-state index in [-0.39, 0.29) is 26.2 Å². The number of halogens is 1. The second-order valence-corrected chi connectivity index (χ2v) is 7.96. The number of carboxylic acids is 2. The monoisotopic (exact) mass is 405 g/mol. The zero-order valence-electron chi connectivity index (χ0n) is 12.6.